The molecule has 0 aliphatic carbocycles. The lowest BCUT2D eigenvalue weighted by Crippen LogP contribution is -2.39. The lowest BCUT2D eigenvalue weighted by Gasteiger charge is -2.23. The predicted octanol–water partition coefficient (Wildman–Crippen LogP) is 2.26. The van der Waals surface area contributed by atoms with Gasteiger partial charge in [0.2, 0.25) is 5.91 Å². The zero-order valence-corrected chi connectivity index (χ0v) is 16.3. The average Bonchev–Trinajstić information content (AvgIpc) is 3.25. The van der Waals surface area contributed by atoms with Crippen molar-refractivity contribution in [2.45, 2.75) is 6.04 Å². The molecule has 0 unspecified atom stereocenters. The number of halogens is 1. The summed E-state index contributed by atoms with van der Waals surface area (Å²) in [4.78, 5) is 40.0. The van der Waals surface area contributed by atoms with Crippen LogP contribution in [0.3, 0.4) is 0 Å². The maximum atomic E-state index is 13.4. The van der Waals surface area contributed by atoms with Gasteiger partial charge >= 0.3 is 5.97 Å². The summed E-state index contributed by atoms with van der Waals surface area (Å²) in [6, 6.07) is 12.4. The van der Waals surface area contributed by atoms with E-state index in [-0.39, 0.29) is 5.71 Å². The Morgan fingerprint density at radius 1 is 1.00 bits per heavy atom. The van der Waals surface area contributed by atoms with Crippen molar-refractivity contribution in [3.05, 3.63) is 53.6 Å². The third kappa shape index (κ3) is 2.84. The summed E-state index contributed by atoms with van der Waals surface area (Å²) in [5, 5.41) is 5.88. The second kappa shape index (κ2) is 7.21. The fourth-order valence-electron chi connectivity index (χ4n) is 3.58. The van der Waals surface area contributed by atoms with Crippen LogP contribution in [-0.4, -0.2) is 43.8 Å². The number of rotatable bonds is 4. The number of para-hydroxylation sites is 3. The van der Waals surface area contributed by atoms with Crippen LogP contribution in [0.15, 0.2) is 53.6 Å². The molecule has 8 nitrogen and oxygen atoms in total. The molecule has 0 radical (unpaired) electrons. The van der Waals surface area contributed by atoms with E-state index in [2.05, 4.69) is 5.10 Å². The molecule has 2 aromatic carbocycles. The summed E-state index contributed by atoms with van der Waals surface area (Å²) in [5.74, 6) is -2.65. The molecule has 0 bridgehead atoms. The number of nitrogens with zero attached hydrogens (tertiary/aromatic N) is 3. The van der Waals surface area contributed by atoms with Gasteiger partial charge in [-0.2, -0.15) is 5.10 Å². The minimum absolute atomic E-state index is 0.145. The van der Waals surface area contributed by atoms with Crippen molar-refractivity contribution in [3.63, 3.8) is 0 Å². The highest BCUT2D eigenvalue weighted by molar-refractivity contribution is 6.47. The molecule has 1 saturated heterocycles. The maximum absolute atomic E-state index is 13.4. The third-order valence-electron chi connectivity index (χ3n) is 4.87. The van der Waals surface area contributed by atoms with Gasteiger partial charge in [0.25, 0.3) is 5.91 Å². The highest BCUT2D eigenvalue weighted by Gasteiger charge is 2.59. The summed E-state index contributed by atoms with van der Waals surface area (Å²) in [6.45, 7) is 0. The van der Waals surface area contributed by atoms with Gasteiger partial charge in [-0.1, -0.05) is 35.9 Å². The molecule has 148 valence electrons. The molecule has 2 aromatic rings. The minimum atomic E-state index is -1.11. The Labute approximate surface area is 171 Å². The Kier molecular flexibility index (Phi) is 4.71. The number of hydrogen-bond donors (Lipinski definition) is 0. The number of methoxy groups -OCH3 is 2. The normalized spacial score (nSPS) is 20.6. The number of carbonyl (C=O) groups excluding carboxylic acids is 3. The molecule has 1 fully saturated rings. The molecular weight excluding hydrogens is 398 g/mol. The van der Waals surface area contributed by atoms with Crippen molar-refractivity contribution in [3.8, 4) is 5.75 Å². The van der Waals surface area contributed by atoms with E-state index < -0.39 is 29.7 Å². The Bertz CT molecular complexity index is 1050. The Balaban J connectivity index is 1.85. The summed E-state index contributed by atoms with van der Waals surface area (Å²) in [5.41, 5.74) is 0.557. The molecule has 0 N–H and O–H groups in total. The van der Waals surface area contributed by atoms with Crippen LogP contribution in [0.5, 0.6) is 5.75 Å². The average molecular weight is 414 g/mol. The first-order valence-electron chi connectivity index (χ1n) is 8.71. The fraction of sp³-hybridized carbons (Fsp3) is 0.200. The molecule has 29 heavy (non-hydrogen) atoms. The van der Waals surface area contributed by atoms with Crippen LogP contribution >= 0.6 is 11.6 Å². The van der Waals surface area contributed by atoms with Crippen molar-refractivity contribution in [1.82, 2.24) is 0 Å². The molecule has 0 saturated carbocycles. The summed E-state index contributed by atoms with van der Waals surface area (Å²) >= 11 is 6.28. The minimum Gasteiger partial charge on any atom is -0.495 e. The highest BCUT2D eigenvalue weighted by Crippen LogP contribution is 2.41. The Morgan fingerprint density at radius 3 is 2.31 bits per heavy atom. The van der Waals surface area contributed by atoms with Crippen LogP contribution in [0.2, 0.25) is 5.02 Å². The SMILES string of the molecule is COC(=O)C1=NN(c2ccccc2Cl)[C@@H]2C(=O)N(c3ccccc3OC)C(=O)[C@H]12. The van der Waals surface area contributed by atoms with Crippen LogP contribution in [0.4, 0.5) is 11.4 Å². The standard InChI is InChI=1S/C20H16ClN3O5/c1-28-14-10-6-5-9-13(14)23-18(25)15-16(20(27)29-2)22-24(17(15)19(23)26)12-8-4-3-7-11(12)21/h3-10,15,17H,1-2H3/t15-,17+/m1/s1. The van der Waals surface area contributed by atoms with Gasteiger partial charge < -0.3 is 9.47 Å². The third-order valence-corrected chi connectivity index (χ3v) is 5.19. The maximum Gasteiger partial charge on any atom is 0.355 e. The smallest absolute Gasteiger partial charge is 0.355 e. The molecule has 2 amide bonds. The lowest BCUT2D eigenvalue weighted by molar-refractivity contribution is -0.133. The van der Waals surface area contributed by atoms with Gasteiger partial charge in [0.15, 0.2) is 5.71 Å². The number of anilines is 2. The monoisotopic (exact) mass is 413 g/mol. The quantitative estimate of drug-likeness (QED) is 0.564. The van der Waals surface area contributed by atoms with Crippen molar-refractivity contribution in [2.24, 2.45) is 11.0 Å². The predicted molar refractivity (Wildman–Crippen MR) is 106 cm³/mol. The van der Waals surface area contributed by atoms with E-state index in [1.165, 1.54) is 19.2 Å². The van der Waals surface area contributed by atoms with Gasteiger partial charge in [0.05, 0.1) is 30.6 Å². The van der Waals surface area contributed by atoms with Gasteiger partial charge in [-0.05, 0) is 24.3 Å². The fourth-order valence-corrected chi connectivity index (χ4v) is 3.80. The van der Waals surface area contributed by atoms with Crippen molar-refractivity contribution in [2.75, 3.05) is 24.1 Å². The van der Waals surface area contributed by atoms with Crippen LogP contribution in [0, 0.1) is 5.92 Å². The molecule has 0 aromatic heterocycles. The zero-order valence-electron chi connectivity index (χ0n) is 15.5. The van der Waals surface area contributed by atoms with Crippen molar-refractivity contribution in [1.29, 1.82) is 0 Å². The Morgan fingerprint density at radius 2 is 1.66 bits per heavy atom. The van der Waals surface area contributed by atoms with Gasteiger partial charge in [0, 0.05) is 0 Å². The van der Waals surface area contributed by atoms with Gasteiger partial charge in [-0.3, -0.25) is 9.59 Å². The molecule has 0 spiro atoms. The molecule has 9 heteroatoms. The highest BCUT2D eigenvalue weighted by atomic mass is 35.5. The first-order valence-corrected chi connectivity index (χ1v) is 9.08. The molecule has 4 rings (SSSR count). The van der Waals surface area contributed by atoms with E-state index in [1.807, 2.05) is 0 Å². The summed E-state index contributed by atoms with van der Waals surface area (Å²) in [7, 11) is 2.64. The number of carbonyl (C=O) groups is 3. The van der Waals surface area contributed by atoms with E-state index in [9.17, 15) is 14.4 Å². The van der Waals surface area contributed by atoms with E-state index in [0.29, 0.717) is 22.1 Å². The lowest BCUT2D eigenvalue weighted by atomic mass is 9.98. The number of esters is 1. The van der Waals surface area contributed by atoms with E-state index in [0.717, 1.165) is 4.90 Å². The first kappa shape index (κ1) is 18.9. The second-order valence-corrected chi connectivity index (χ2v) is 6.79. The van der Waals surface area contributed by atoms with Crippen LogP contribution in [0.25, 0.3) is 0 Å². The molecule has 2 aliphatic heterocycles. The van der Waals surface area contributed by atoms with Crippen molar-refractivity contribution < 1.29 is 23.9 Å². The van der Waals surface area contributed by atoms with Gasteiger partial charge in [0.1, 0.15) is 17.7 Å². The van der Waals surface area contributed by atoms with Crippen LogP contribution in [-0.2, 0) is 19.1 Å². The van der Waals surface area contributed by atoms with Gasteiger partial charge in [-0.15, -0.1) is 0 Å². The van der Waals surface area contributed by atoms with Gasteiger partial charge in [-0.25, -0.2) is 14.7 Å². The zero-order chi connectivity index (χ0) is 20.7. The first-order chi connectivity index (χ1) is 14.0. The summed E-state index contributed by atoms with van der Waals surface area (Å²) < 4.78 is 10.1. The van der Waals surface area contributed by atoms with E-state index >= 15 is 0 Å². The number of ether oxygens (including phenoxy) is 2. The number of amides is 2. The summed E-state index contributed by atoms with van der Waals surface area (Å²) in [6.07, 6.45) is 0. The van der Waals surface area contributed by atoms with E-state index in [1.54, 1.807) is 48.5 Å². The number of benzene rings is 2. The van der Waals surface area contributed by atoms with Crippen LogP contribution < -0.4 is 14.6 Å². The molecule has 2 heterocycles. The molecular formula is C20H16ClN3O5. The number of imide groups is 1. The largest absolute Gasteiger partial charge is 0.495 e. The molecule has 2 aliphatic rings. The second-order valence-electron chi connectivity index (χ2n) is 6.38. The number of hydrogen-bond acceptors (Lipinski definition) is 7. The van der Waals surface area contributed by atoms with Crippen LogP contribution in [0.1, 0.15) is 0 Å². The van der Waals surface area contributed by atoms with E-state index in [4.69, 9.17) is 21.1 Å². The topological polar surface area (TPSA) is 88.5 Å². The van der Waals surface area contributed by atoms with Crippen molar-refractivity contribution >= 4 is 46.5 Å². The molecule has 2 atom stereocenters. The number of fused-ring (bicyclic) bond motifs is 1. The number of hydrazone groups is 1. The Hall–Kier alpha value is -3.39.